The average Bonchev–Trinajstić information content (AvgIpc) is 3.98. The van der Waals surface area contributed by atoms with Gasteiger partial charge in [0.2, 0.25) is 0 Å². The number of nitrogens with one attached hydrogen (secondary N) is 3. The van der Waals surface area contributed by atoms with E-state index in [1.54, 1.807) is 0 Å². The van der Waals surface area contributed by atoms with E-state index in [0.717, 1.165) is 97.6 Å². The number of piperazine rings is 1. The van der Waals surface area contributed by atoms with Gasteiger partial charge in [0.1, 0.15) is 24.6 Å². The van der Waals surface area contributed by atoms with Gasteiger partial charge in [0.05, 0.1) is 19.8 Å². The molecule has 3 saturated heterocycles. The van der Waals surface area contributed by atoms with Crippen LogP contribution in [0, 0.1) is 6.92 Å². The molecule has 2 unspecified atom stereocenters. The fourth-order valence-electron chi connectivity index (χ4n) is 4.10. The van der Waals surface area contributed by atoms with Crippen molar-refractivity contribution in [3.05, 3.63) is 29.8 Å². The van der Waals surface area contributed by atoms with Crippen LogP contribution >= 0.6 is 0 Å². The van der Waals surface area contributed by atoms with Crippen LogP contribution in [0.3, 0.4) is 0 Å². The first kappa shape index (κ1) is 40.6. The Morgan fingerprint density at radius 3 is 1.91 bits per heavy atom. The summed E-state index contributed by atoms with van der Waals surface area (Å²) in [4.78, 5) is 2.39. The molecule has 3 fully saturated rings. The summed E-state index contributed by atoms with van der Waals surface area (Å²) < 4.78 is 21.0. The molecule has 11 heteroatoms. The Morgan fingerprint density at radius 1 is 0.795 bits per heavy atom. The third-order valence-corrected chi connectivity index (χ3v) is 6.98. The van der Waals surface area contributed by atoms with Gasteiger partial charge in [-0.05, 0) is 25.5 Å². The van der Waals surface area contributed by atoms with Gasteiger partial charge in [-0.3, -0.25) is 4.90 Å². The number of aryl methyl sites for hydroxylation is 1. The number of rotatable bonds is 21. The fraction of sp³-hybridized carbons (Fsp3) is 0.818. The molecule has 11 nitrogen and oxygen atoms in total. The topological polar surface area (TPSA) is 161 Å². The Morgan fingerprint density at radius 2 is 1.36 bits per heavy atom. The molecule has 2 atom stereocenters. The highest BCUT2D eigenvalue weighted by atomic mass is 16.6. The molecule has 3 aliphatic heterocycles. The molecular weight excluding hydrogens is 558 g/mol. The van der Waals surface area contributed by atoms with Gasteiger partial charge in [-0.15, -0.1) is 0 Å². The number of hydrogen-bond acceptors (Lipinski definition) is 11. The summed E-state index contributed by atoms with van der Waals surface area (Å²) in [5.74, 6) is 0.927. The van der Waals surface area contributed by atoms with Crippen molar-refractivity contribution in [1.82, 2.24) is 20.9 Å². The molecule has 4 rings (SSSR count). The Labute approximate surface area is 268 Å². The maximum absolute atomic E-state index is 5.46. The first-order chi connectivity index (χ1) is 21.6. The zero-order valence-electron chi connectivity index (χ0n) is 28.0. The van der Waals surface area contributed by atoms with Crippen LogP contribution in [-0.2, 0) is 14.2 Å². The molecule has 9 N–H and O–H groups in total. The molecule has 1 aromatic carbocycles. The molecule has 0 aromatic heterocycles. The lowest BCUT2D eigenvalue weighted by Gasteiger charge is -2.26. The summed E-state index contributed by atoms with van der Waals surface area (Å²) in [5, 5.41) is 9.62. The highest BCUT2D eigenvalue weighted by molar-refractivity contribution is 5.26. The molecule has 3 heterocycles. The van der Waals surface area contributed by atoms with Crippen LogP contribution < -0.4 is 37.9 Å². The summed E-state index contributed by atoms with van der Waals surface area (Å²) in [7, 11) is 0. The normalized spacial score (nSPS) is 18.6. The van der Waals surface area contributed by atoms with Crippen LogP contribution in [0.15, 0.2) is 24.3 Å². The molecule has 258 valence electrons. The second-order valence-corrected chi connectivity index (χ2v) is 11.3. The largest absolute Gasteiger partial charge is 0.491 e. The van der Waals surface area contributed by atoms with Crippen molar-refractivity contribution in [1.29, 1.82) is 0 Å². The van der Waals surface area contributed by atoms with Crippen LogP contribution in [0.1, 0.15) is 51.0 Å². The zero-order chi connectivity index (χ0) is 31.9. The van der Waals surface area contributed by atoms with E-state index in [-0.39, 0.29) is 0 Å². The maximum Gasteiger partial charge on any atom is 0.119 e. The lowest BCUT2D eigenvalue weighted by atomic mass is 10.1. The number of benzene rings is 1. The van der Waals surface area contributed by atoms with Crippen LogP contribution in [-0.4, -0.2) is 129 Å². The monoisotopic (exact) mass is 626 g/mol. The average molecular weight is 626 g/mol. The molecular formula is C33H67N7O4. The van der Waals surface area contributed by atoms with Crippen molar-refractivity contribution in [2.75, 3.05) is 112 Å². The predicted octanol–water partition coefficient (Wildman–Crippen LogP) is 1.47. The van der Waals surface area contributed by atoms with Gasteiger partial charge in [0, 0.05) is 85.1 Å². The minimum atomic E-state index is 0.339. The predicted molar refractivity (Wildman–Crippen MR) is 183 cm³/mol. The van der Waals surface area contributed by atoms with Gasteiger partial charge in [0.15, 0.2) is 0 Å². The number of nitrogens with two attached hydrogens (primary N) is 3. The van der Waals surface area contributed by atoms with E-state index >= 15 is 0 Å². The molecule has 44 heavy (non-hydrogen) atoms. The second-order valence-electron chi connectivity index (χ2n) is 11.3. The molecule has 0 aliphatic carbocycles. The summed E-state index contributed by atoms with van der Waals surface area (Å²) in [6.07, 6.45) is 8.79. The van der Waals surface area contributed by atoms with E-state index in [4.69, 9.17) is 36.1 Å². The lowest BCUT2D eigenvalue weighted by Crippen LogP contribution is -2.45. The second kappa shape index (κ2) is 30.3. The number of ether oxygens (including phenoxy) is 4. The summed E-state index contributed by atoms with van der Waals surface area (Å²) in [6, 6.07) is 8.06. The van der Waals surface area contributed by atoms with Crippen molar-refractivity contribution >= 4 is 0 Å². The van der Waals surface area contributed by atoms with E-state index in [1.807, 2.05) is 24.3 Å². The third kappa shape index (κ3) is 28.1. The third-order valence-electron chi connectivity index (χ3n) is 6.98. The number of nitrogens with zero attached hydrogens (tertiary/aromatic N) is 1. The first-order valence-corrected chi connectivity index (χ1v) is 17.1. The summed E-state index contributed by atoms with van der Waals surface area (Å²) in [5.41, 5.74) is 17.2. The highest BCUT2D eigenvalue weighted by Crippen LogP contribution is 2.15. The molecule has 0 spiro atoms. The van der Waals surface area contributed by atoms with Crippen LogP contribution in [0.4, 0.5) is 0 Å². The number of unbranched alkanes of at least 4 members (excludes halogenated alkanes) is 5. The zero-order valence-corrected chi connectivity index (χ0v) is 28.0. The SMILES string of the molecule is CCCCCCCCOCC1CO1.Cc1ccc(OCC2CO2)cc1.NCCN1CCNCC1.NCCNCCNCCN. The smallest absolute Gasteiger partial charge is 0.119 e. The van der Waals surface area contributed by atoms with Crippen molar-refractivity contribution < 1.29 is 18.9 Å². The Kier molecular flexibility index (Phi) is 28.0. The van der Waals surface area contributed by atoms with Gasteiger partial charge >= 0.3 is 0 Å². The van der Waals surface area contributed by atoms with Gasteiger partial charge in [-0.1, -0.05) is 56.7 Å². The van der Waals surface area contributed by atoms with Gasteiger partial charge in [-0.25, -0.2) is 0 Å². The van der Waals surface area contributed by atoms with Crippen molar-refractivity contribution in [3.8, 4) is 5.75 Å². The van der Waals surface area contributed by atoms with Gasteiger partial charge in [-0.2, -0.15) is 0 Å². The Bertz CT molecular complexity index is 708. The molecule has 1 aromatic rings. The number of hydrogen-bond donors (Lipinski definition) is 6. The van der Waals surface area contributed by atoms with Crippen LogP contribution in [0.25, 0.3) is 0 Å². The van der Waals surface area contributed by atoms with Crippen molar-refractivity contribution in [2.24, 2.45) is 17.2 Å². The maximum atomic E-state index is 5.46. The molecule has 3 aliphatic rings. The quantitative estimate of drug-likeness (QED) is 0.0867. The molecule has 0 saturated carbocycles. The van der Waals surface area contributed by atoms with E-state index in [9.17, 15) is 0 Å². The van der Waals surface area contributed by atoms with E-state index in [2.05, 4.69) is 34.7 Å². The first-order valence-electron chi connectivity index (χ1n) is 17.1. The highest BCUT2D eigenvalue weighted by Gasteiger charge is 2.23. The Balaban J connectivity index is 0.000000296. The van der Waals surface area contributed by atoms with Crippen LogP contribution in [0.2, 0.25) is 0 Å². The number of epoxide rings is 2. The van der Waals surface area contributed by atoms with E-state index < -0.39 is 0 Å². The summed E-state index contributed by atoms with van der Waals surface area (Å²) >= 11 is 0. The fourth-order valence-corrected chi connectivity index (χ4v) is 4.10. The van der Waals surface area contributed by atoms with Gasteiger partial charge < -0.3 is 52.1 Å². The lowest BCUT2D eigenvalue weighted by molar-refractivity contribution is 0.113. The van der Waals surface area contributed by atoms with Crippen molar-refractivity contribution in [3.63, 3.8) is 0 Å². The minimum Gasteiger partial charge on any atom is -0.491 e. The summed E-state index contributed by atoms with van der Waals surface area (Å²) in [6.45, 7) is 20.1. The Hall–Kier alpha value is -1.38. The van der Waals surface area contributed by atoms with Crippen LogP contribution in [0.5, 0.6) is 5.75 Å². The standard InChI is InChI=1S/C11H22O2.C10H12O2.C6H18N4.C6H15N3/c1-2-3-4-5-6-7-8-12-9-11-10-13-11;1-8-2-4-9(5-3-8)11-6-10-7-12-10;7-1-3-9-5-6-10-4-2-8;7-1-4-9-5-2-8-3-6-9/h11H,2-10H2,1H3;2-5,10H,6-7H2,1H3;9-10H,1-8H2;8H,1-7H2. The van der Waals surface area contributed by atoms with Crippen molar-refractivity contribution in [2.45, 2.75) is 64.6 Å². The van der Waals surface area contributed by atoms with E-state index in [0.29, 0.717) is 31.9 Å². The minimum absolute atomic E-state index is 0.339. The molecule has 0 amide bonds. The molecule has 0 bridgehead atoms. The van der Waals surface area contributed by atoms with E-state index in [1.165, 1.54) is 44.1 Å². The molecule has 0 radical (unpaired) electrons. The van der Waals surface area contributed by atoms with Gasteiger partial charge in [0.25, 0.3) is 0 Å².